The number of aromatic nitrogens is 2. The number of imide groups is 1. The number of quaternary nitrogens is 1. The van der Waals surface area contributed by atoms with Crippen LogP contribution in [0.4, 0.5) is 9.59 Å². The zero-order valence-electron chi connectivity index (χ0n) is 25.2. The number of imidazole rings is 1. The zero-order chi connectivity index (χ0) is 31.2. The number of rotatable bonds is 11. The number of amides is 4. The molecule has 0 aliphatic carbocycles. The van der Waals surface area contributed by atoms with E-state index in [9.17, 15) is 19.5 Å². The highest BCUT2D eigenvalue weighted by molar-refractivity contribution is 5.95. The van der Waals surface area contributed by atoms with E-state index in [-0.39, 0.29) is 18.8 Å². The van der Waals surface area contributed by atoms with E-state index in [2.05, 4.69) is 15.0 Å². The van der Waals surface area contributed by atoms with Gasteiger partial charge in [0.2, 0.25) is 6.34 Å². The molecule has 6 N–H and O–H groups in total. The number of urea groups is 1. The molecule has 2 heterocycles. The van der Waals surface area contributed by atoms with E-state index in [0.717, 1.165) is 5.56 Å². The van der Waals surface area contributed by atoms with Gasteiger partial charge in [0.05, 0.1) is 6.04 Å². The summed E-state index contributed by atoms with van der Waals surface area (Å²) in [7, 11) is 0. The summed E-state index contributed by atoms with van der Waals surface area (Å²) in [5.41, 5.74) is 12.4. The lowest BCUT2D eigenvalue weighted by atomic mass is 9.95. The third kappa shape index (κ3) is 7.90. The lowest BCUT2D eigenvalue weighted by Crippen LogP contribution is -2.59. The Morgan fingerprint density at radius 2 is 1.79 bits per heavy atom. The van der Waals surface area contributed by atoms with Gasteiger partial charge in [-0.15, -0.1) is 4.48 Å². The van der Waals surface area contributed by atoms with Crippen molar-refractivity contribution in [3.63, 3.8) is 0 Å². The molecule has 2 aromatic rings. The Labute approximate surface area is 247 Å². The topological polar surface area (TPSA) is 177 Å². The van der Waals surface area contributed by atoms with Crippen molar-refractivity contribution in [2.75, 3.05) is 0 Å². The average Bonchev–Trinajstić information content (AvgIpc) is 3.58. The quantitative estimate of drug-likeness (QED) is 0.292. The van der Waals surface area contributed by atoms with Crippen LogP contribution < -0.4 is 11.5 Å². The van der Waals surface area contributed by atoms with Crippen LogP contribution in [0.1, 0.15) is 71.9 Å². The smallest absolute Gasteiger partial charge is 0.432 e. The summed E-state index contributed by atoms with van der Waals surface area (Å²) >= 11 is 0. The van der Waals surface area contributed by atoms with Crippen molar-refractivity contribution >= 4 is 24.4 Å². The molecule has 0 spiro atoms. The number of carbonyl (C=O) groups excluding carboxylic acids is 3. The van der Waals surface area contributed by atoms with Crippen molar-refractivity contribution in [2.24, 2.45) is 22.4 Å². The number of H-pyrrole nitrogens is 1. The summed E-state index contributed by atoms with van der Waals surface area (Å²) in [6, 6.07) is 6.00. The van der Waals surface area contributed by atoms with Crippen molar-refractivity contribution in [1.82, 2.24) is 14.9 Å². The molecule has 0 saturated carbocycles. The van der Waals surface area contributed by atoms with Gasteiger partial charge in [0.25, 0.3) is 0 Å². The molecule has 1 aromatic carbocycles. The lowest BCUT2D eigenvalue weighted by Gasteiger charge is -2.40. The first-order valence-electron chi connectivity index (χ1n) is 14.1. The number of nitrogens with two attached hydrogens (primary N) is 2. The normalized spacial score (nSPS) is 19.6. The second kappa shape index (κ2) is 13.4. The van der Waals surface area contributed by atoms with Crippen molar-refractivity contribution in [3.05, 3.63) is 66.0 Å². The van der Waals surface area contributed by atoms with Crippen molar-refractivity contribution in [2.45, 2.75) is 90.6 Å². The van der Waals surface area contributed by atoms with Gasteiger partial charge in [0, 0.05) is 31.3 Å². The molecule has 12 heteroatoms. The summed E-state index contributed by atoms with van der Waals surface area (Å²) in [5.74, 6) is -0.182. The van der Waals surface area contributed by atoms with Gasteiger partial charge in [-0.25, -0.2) is 24.4 Å². The second-order valence-electron chi connectivity index (χ2n) is 12.2. The van der Waals surface area contributed by atoms with E-state index >= 15 is 0 Å². The Kier molecular flexibility index (Phi) is 10.4. The molecule has 0 saturated heterocycles. The number of aliphatic imine (C=N–C) groups is 1. The number of hydrogen-bond donors (Lipinski definition) is 4. The number of aliphatic hydroxyl groups excluding tert-OH is 1. The molecule has 0 fully saturated rings. The lowest BCUT2D eigenvalue weighted by molar-refractivity contribution is -0.606. The Morgan fingerprint density at radius 3 is 2.33 bits per heavy atom. The first kappa shape index (κ1) is 32.6. The van der Waals surface area contributed by atoms with Crippen LogP contribution in [-0.2, 0) is 16.0 Å². The molecule has 2 unspecified atom stereocenters. The average molecular weight is 583 g/mol. The molecule has 0 bridgehead atoms. The Bertz CT molecular complexity index is 1290. The van der Waals surface area contributed by atoms with Crippen molar-refractivity contribution in [3.8, 4) is 0 Å². The molecule has 1 aliphatic rings. The maximum atomic E-state index is 13.6. The van der Waals surface area contributed by atoms with E-state index in [4.69, 9.17) is 16.2 Å². The van der Waals surface area contributed by atoms with Gasteiger partial charge >= 0.3 is 18.0 Å². The van der Waals surface area contributed by atoms with Gasteiger partial charge in [0.1, 0.15) is 35.5 Å². The first-order valence-corrected chi connectivity index (χ1v) is 14.1. The number of aromatic amines is 1. The van der Waals surface area contributed by atoms with E-state index in [1.165, 1.54) is 23.6 Å². The van der Waals surface area contributed by atoms with Gasteiger partial charge in [-0.1, -0.05) is 44.2 Å². The molecule has 0 radical (unpaired) electrons. The predicted molar refractivity (Wildman–Crippen MR) is 158 cm³/mol. The van der Waals surface area contributed by atoms with E-state index < -0.39 is 52.3 Å². The largest absolute Gasteiger partial charge is 0.444 e. The molecule has 42 heavy (non-hydrogen) atoms. The Hall–Kier alpha value is -3.87. The summed E-state index contributed by atoms with van der Waals surface area (Å²) in [6.07, 6.45) is 4.75. The molecule has 5 atom stereocenters. The number of hydrogen-bond acceptors (Lipinski definition) is 8. The van der Waals surface area contributed by atoms with E-state index in [1.807, 2.05) is 44.2 Å². The third-order valence-electron chi connectivity index (χ3n) is 6.92. The molecule has 228 valence electrons. The fourth-order valence-corrected chi connectivity index (χ4v) is 5.01. The SMILES string of the molecule is CC(C)CC([C@H](O)c1ncc[nH]1)N(C(=O)OC(C)(C)C)C(C)CC1=C[N@@+](C(N)=O)(C(=O)[C@@H](N)Cc2ccccc2)C=N1. The van der Waals surface area contributed by atoms with E-state index in [0.29, 0.717) is 17.9 Å². The third-order valence-corrected chi connectivity index (χ3v) is 6.92. The fourth-order valence-electron chi connectivity index (χ4n) is 5.01. The van der Waals surface area contributed by atoms with Crippen LogP contribution in [0.3, 0.4) is 0 Å². The van der Waals surface area contributed by atoms with Gasteiger partial charge in [-0.3, -0.25) is 4.90 Å². The van der Waals surface area contributed by atoms with Crippen LogP contribution in [0.5, 0.6) is 0 Å². The van der Waals surface area contributed by atoms with Crippen LogP contribution >= 0.6 is 0 Å². The molecule has 1 aromatic heterocycles. The minimum absolute atomic E-state index is 0.114. The van der Waals surface area contributed by atoms with Crippen LogP contribution in [-0.4, -0.2) is 72.6 Å². The summed E-state index contributed by atoms with van der Waals surface area (Å²) in [5, 5.41) is 11.3. The maximum Gasteiger partial charge on any atom is 0.432 e. The van der Waals surface area contributed by atoms with Crippen molar-refractivity contribution < 1.29 is 28.7 Å². The van der Waals surface area contributed by atoms with Crippen LogP contribution in [0.15, 0.2) is 59.6 Å². The number of ether oxygens (including phenoxy) is 1. The monoisotopic (exact) mass is 582 g/mol. The van der Waals surface area contributed by atoms with Gasteiger partial charge in [0.15, 0.2) is 0 Å². The van der Waals surface area contributed by atoms with Gasteiger partial charge in [-0.2, -0.15) is 0 Å². The fraction of sp³-hybridized carbons (Fsp3) is 0.500. The highest BCUT2D eigenvalue weighted by Crippen LogP contribution is 2.31. The molecule has 4 amide bonds. The van der Waals surface area contributed by atoms with E-state index in [1.54, 1.807) is 33.9 Å². The Balaban J connectivity index is 1.92. The van der Waals surface area contributed by atoms with Crippen molar-refractivity contribution in [1.29, 1.82) is 0 Å². The zero-order valence-corrected chi connectivity index (χ0v) is 25.2. The van der Waals surface area contributed by atoms with Gasteiger partial charge in [-0.05, 0) is 45.6 Å². The minimum atomic E-state index is -1.13. The summed E-state index contributed by atoms with van der Waals surface area (Å²) < 4.78 is 4.79. The van der Waals surface area contributed by atoms with Crippen LogP contribution in [0, 0.1) is 5.92 Å². The molecule has 1 aliphatic heterocycles. The standard InChI is InChI=1S/C30H43N7O5/c1-19(2)14-24(25(38)26-33-12-13-34-26)36(29(41)42-30(4,5)6)20(3)15-22-17-37(18-35-22,28(32)40)27(39)23(31)16-21-10-8-7-9-11-21/h7-13,17-20,23-25,38H,14-16,31H2,1-6H3,(H2-,32,33,34,40)/p+1/t20?,23-,24?,25-,37-/m0/s1. The molecular formula is C30H44N7O5+. The summed E-state index contributed by atoms with van der Waals surface area (Å²) in [4.78, 5) is 52.8. The van der Waals surface area contributed by atoms with Crippen LogP contribution in [0.25, 0.3) is 0 Å². The number of aliphatic hydroxyl groups is 1. The predicted octanol–water partition coefficient (Wildman–Crippen LogP) is 3.75. The first-order chi connectivity index (χ1) is 19.6. The molecular weight excluding hydrogens is 538 g/mol. The molecule has 3 rings (SSSR count). The highest BCUT2D eigenvalue weighted by Gasteiger charge is 2.48. The number of benzene rings is 1. The summed E-state index contributed by atoms with van der Waals surface area (Å²) in [6.45, 7) is 11.1. The number of primary amides is 1. The number of carbonyl (C=O) groups is 3. The maximum absolute atomic E-state index is 13.6. The minimum Gasteiger partial charge on any atom is -0.444 e. The Morgan fingerprint density at radius 1 is 1.12 bits per heavy atom. The molecule has 12 nitrogen and oxygen atoms in total. The highest BCUT2D eigenvalue weighted by atomic mass is 16.6. The number of nitrogens with one attached hydrogen (secondary N) is 1. The number of nitrogens with zero attached hydrogens (tertiary/aromatic N) is 4. The second-order valence-corrected chi connectivity index (χ2v) is 12.2. The van der Waals surface area contributed by atoms with Crippen LogP contribution in [0.2, 0.25) is 0 Å². The van der Waals surface area contributed by atoms with Gasteiger partial charge < -0.3 is 26.3 Å².